The lowest BCUT2D eigenvalue weighted by molar-refractivity contribution is -0.137. The summed E-state index contributed by atoms with van der Waals surface area (Å²) in [6, 6.07) is 6.87. The molecule has 2 aromatic heterocycles. The van der Waals surface area contributed by atoms with Crippen molar-refractivity contribution in [3.05, 3.63) is 47.7 Å². The molecule has 3 aromatic rings. The summed E-state index contributed by atoms with van der Waals surface area (Å²) >= 11 is 7.09. The molecule has 0 radical (unpaired) electrons. The van der Waals surface area contributed by atoms with Crippen LogP contribution in [0.2, 0.25) is 0 Å². The van der Waals surface area contributed by atoms with Crippen molar-refractivity contribution >= 4 is 33.3 Å². The normalized spacial score (nSPS) is 12.0. The maximum absolute atomic E-state index is 12.8. The lowest BCUT2D eigenvalue weighted by atomic mass is 10.1. The quantitative estimate of drug-likeness (QED) is 0.610. The average Bonchev–Trinajstić information content (AvgIpc) is 2.90. The summed E-state index contributed by atoms with van der Waals surface area (Å²) < 4.78 is 38.3. The van der Waals surface area contributed by atoms with Crippen molar-refractivity contribution in [2.24, 2.45) is 0 Å². The zero-order valence-electron chi connectivity index (χ0n) is 10.5. The van der Waals surface area contributed by atoms with E-state index < -0.39 is 11.7 Å². The van der Waals surface area contributed by atoms with Crippen molar-refractivity contribution in [3.8, 4) is 10.6 Å². The summed E-state index contributed by atoms with van der Waals surface area (Å²) in [4.78, 5) is 9.23. The standard InChI is InChI=1S/C14H8ClF3N2S/c15-7-9-4-5-19-13-11(9)20-12(21-13)8-2-1-3-10(6-8)14(16,17)18/h1-6H,7H2. The fraction of sp³-hybridized carbons (Fsp3) is 0.143. The predicted octanol–water partition coefficient (Wildman–Crippen LogP) is 5.12. The van der Waals surface area contributed by atoms with Crippen molar-refractivity contribution in [2.75, 3.05) is 0 Å². The first kappa shape index (κ1) is 14.3. The fourth-order valence-electron chi connectivity index (χ4n) is 1.94. The highest BCUT2D eigenvalue weighted by Crippen LogP contribution is 2.35. The topological polar surface area (TPSA) is 25.8 Å². The molecular weight excluding hydrogens is 321 g/mol. The maximum atomic E-state index is 12.8. The second-order valence-electron chi connectivity index (χ2n) is 4.36. The largest absolute Gasteiger partial charge is 0.416 e. The maximum Gasteiger partial charge on any atom is 0.416 e. The van der Waals surface area contributed by atoms with Gasteiger partial charge in [0.05, 0.1) is 5.56 Å². The summed E-state index contributed by atoms with van der Waals surface area (Å²) in [7, 11) is 0. The molecule has 21 heavy (non-hydrogen) atoms. The van der Waals surface area contributed by atoms with Crippen LogP contribution in [0.3, 0.4) is 0 Å². The number of hydrogen-bond acceptors (Lipinski definition) is 3. The Morgan fingerprint density at radius 2 is 2.00 bits per heavy atom. The molecule has 0 N–H and O–H groups in total. The van der Waals surface area contributed by atoms with Crippen LogP contribution in [-0.4, -0.2) is 9.97 Å². The number of fused-ring (bicyclic) bond motifs is 1. The Kier molecular flexibility index (Phi) is 3.59. The van der Waals surface area contributed by atoms with Crippen molar-refractivity contribution in [3.63, 3.8) is 0 Å². The van der Waals surface area contributed by atoms with E-state index in [0.717, 1.165) is 17.7 Å². The molecule has 108 valence electrons. The highest BCUT2D eigenvalue weighted by atomic mass is 35.5. The first-order valence-corrected chi connectivity index (χ1v) is 7.32. The number of aromatic nitrogens is 2. The van der Waals surface area contributed by atoms with E-state index >= 15 is 0 Å². The number of hydrogen-bond donors (Lipinski definition) is 0. The summed E-state index contributed by atoms with van der Waals surface area (Å²) in [6.45, 7) is 0. The lowest BCUT2D eigenvalue weighted by Gasteiger charge is -2.07. The number of halogens is 4. The van der Waals surface area contributed by atoms with Gasteiger partial charge in [-0.3, -0.25) is 0 Å². The molecule has 0 saturated carbocycles. The Morgan fingerprint density at radius 1 is 1.19 bits per heavy atom. The van der Waals surface area contributed by atoms with Crippen LogP contribution in [0.1, 0.15) is 11.1 Å². The molecule has 0 aliphatic carbocycles. The zero-order valence-corrected chi connectivity index (χ0v) is 12.1. The van der Waals surface area contributed by atoms with Crippen LogP contribution >= 0.6 is 22.9 Å². The number of pyridine rings is 1. The number of alkyl halides is 4. The average molecular weight is 329 g/mol. The number of thiazole rings is 1. The van der Waals surface area contributed by atoms with E-state index in [1.165, 1.54) is 17.4 Å². The predicted molar refractivity (Wildman–Crippen MR) is 77.4 cm³/mol. The molecule has 2 nitrogen and oxygen atoms in total. The lowest BCUT2D eigenvalue weighted by Crippen LogP contribution is -2.04. The minimum Gasteiger partial charge on any atom is -0.244 e. The van der Waals surface area contributed by atoms with E-state index in [2.05, 4.69) is 9.97 Å². The second kappa shape index (κ2) is 5.27. The number of benzene rings is 1. The molecule has 0 amide bonds. The monoisotopic (exact) mass is 328 g/mol. The molecule has 0 saturated heterocycles. The molecule has 0 fully saturated rings. The molecule has 7 heteroatoms. The van der Waals surface area contributed by atoms with E-state index in [4.69, 9.17) is 11.6 Å². The SMILES string of the molecule is FC(F)(F)c1cccc(-c2nc3c(CCl)ccnc3s2)c1. The van der Waals surface area contributed by atoms with Crippen molar-refractivity contribution in [1.29, 1.82) is 0 Å². The van der Waals surface area contributed by atoms with Crippen LogP contribution in [0.15, 0.2) is 36.5 Å². The van der Waals surface area contributed by atoms with Gasteiger partial charge in [-0.05, 0) is 23.8 Å². The van der Waals surface area contributed by atoms with E-state index in [1.807, 2.05) is 0 Å². The van der Waals surface area contributed by atoms with E-state index in [1.54, 1.807) is 18.3 Å². The minimum absolute atomic E-state index is 0.283. The van der Waals surface area contributed by atoms with Gasteiger partial charge in [-0.25, -0.2) is 9.97 Å². The molecule has 0 aliphatic rings. The van der Waals surface area contributed by atoms with Gasteiger partial charge < -0.3 is 0 Å². The Bertz CT molecular complexity index is 798. The Balaban J connectivity index is 2.13. The molecule has 0 bridgehead atoms. The summed E-state index contributed by atoms with van der Waals surface area (Å²) in [6.07, 6.45) is -2.75. The molecule has 1 aromatic carbocycles. The molecular formula is C14H8ClF3N2S. The summed E-state index contributed by atoms with van der Waals surface area (Å²) in [5.74, 6) is 0.283. The van der Waals surface area contributed by atoms with Gasteiger partial charge in [-0.15, -0.1) is 11.6 Å². The minimum atomic E-state index is -4.37. The van der Waals surface area contributed by atoms with Crippen LogP contribution in [0.5, 0.6) is 0 Å². The molecule has 0 unspecified atom stereocenters. The van der Waals surface area contributed by atoms with E-state index in [9.17, 15) is 13.2 Å². The van der Waals surface area contributed by atoms with Gasteiger partial charge in [0, 0.05) is 17.6 Å². The van der Waals surface area contributed by atoms with Gasteiger partial charge in [0.1, 0.15) is 15.4 Å². The van der Waals surface area contributed by atoms with Crippen molar-refractivity contribution in [1.82, 2.24) is 9.97 Å². The summed E-state index contributed by atoms with van der Waals surface area (Å²) in [5.41, 5.74) is 1.19. The molecule has 0 atom stereocenters. The zero-order chi connectivity index (χ0) is 15.0. The summed E-state index contributed by atoms with van der Waals surface area (Å²) in [5, 5.41) is 0.501. The van der Waals surface area contributed by atoms with Crippen LogP contribution in [0.25, 0.3) is 20.9 Å². The number of nitrogens with zero attached hydrogens (tertiary/aromatic N) is 2. The van der Waals surface area contributed by atoms with Crippen LogP contribution in [0, 0.1) is 0 Å². The second-order valence-corrected chi connectivity index (χ2v) is 5.60. The molecule has 0 spiro atoms. The van der Waals surface area contributed by atoms with Gasteiger partial charge in [-0.2, -0.15) is 13.2 Å². The number of rotatable bonds is 2. The fourth-order valence-corrected chi connectivity index (χ4v) is 3.11. The van der Waals surface area contributed by atoms with Crippen LogP contribution < -0.4 is 0 Å². The van der Waals surface area contributed by atoms with Crippen molar-refractivity contribution < 1.29 is 13.2 Å². The van der Waals surface area contributed by atoms with Gasteiger partial charge in [-0.1, -0.05) is 23.5 Å². The van der Waals surface area contributed by atoms with Crippen molar-refractivity contribution in [2.45, 2.75) is 12.1 Å². The van der Waals surface area contributed by atoms with Gasteiger partial charge in [0.25, 0.3) is 0 Å². The smallest absolute Gasteiger partial charge is 0.244 e. The van der Waals surface area contributed by atoms with Gasteiger partial charge >= 0.3 is 6.18 Å². The molecule has 3 rings (SSSR count). The van der Waals surface area contributed by atoms with Gasteiger partial charge in [0.15, 0.2) is 0 Å². The Labute approximate surface area is 127 Å². The first-order chi connectivity index (χ1) is 9.99. The highest BCUT2D eigenvalue weighted by molar-refractivity contribution is 7.21. The molecule has 0 aliphatic heterocycles. The van der Waals surface area contributed by atoms with Crippen LogP contribution in [-0.2, 0) is 12.1 Å². The third-order valence-corrected chi connectivity index (χ3v) is 4.26. The Morgan fingerprint density at radius 3 is 2.71 bits per heavy atom. The molecule has 2 heterocycles. The van der Waals surface area contributed by atoms with E-state index in [-0.39, 0.29) is 5.88 Å². The Hall–Kier alpha value is -1.66. The third-order valence-electron chi connectivity index (χ3n) is 2.96. The third kappa shape index (κ3) is 2.73. The van der Waals surface area contributed by atoms with E-state index in [0.29, 0.717) is 20.9 Å². The highest BCUT2D eigenvalue weighted by Gasteiger charge is 2.30. The van der Waals surface area contributed by atoms with Crippen LogP contribution in [0.4, 0.5) is 13.2 Å². The first-order valence-electron chi connectivity index (χ1n) is 5.97. The van der Waals surface area contributed by atoms with Gasteiger partial charge in [0.2, 0.25) is 0 Å².